The lowest BCUT2D eigenvalue weighted by atomic mass is 9.87. The number of aromatic nitrogens is 1. The van der Waals surface area contributed by atoms with Crippen LogP contribution in [0, 0.1) is 16.7 Å². The molecule has 30 heavy (non-hydrogen) atoms. The van der Waals surface area contributed by atoms with Gasteiger partial charge < -0.3 is 4.57 Å². The lowest BCUT2D eigenvalue weighted by molar-refractivity contribution is 0.572. The van der Waals surface area contributed by atoms with Gasteiger partial charge in [-0.1, -0.05) is 72.4 Å². The molecule has 1 aliphatic rings. The number of rotatable bonds is 3. The van der Waals surface area contributed by atoms with Gasteiger partial charge in [0, 0.05) is 33.4 Å². The van der Waals surface area contributed by atoms with E-state index in [2.05, 4.69) is 18.2 Å². The van der Waals surface area contributed by atoms with Crippen molar-refractivity contribution < 1.29 is 0 Å². The van der Waals surface area contributed by atoms with Crippen molar-refractivity contribution in [3.63, 3.8) is 0 Å². The molecule has 1 heterocycles. The number of nitriles is 1. The molecule has 0 unspecified atom stereocenters. The molecule has 0 radical (unpaired) electrons. The van der Waals surface area contributed by atoms with Gasteiger partial charge in [0.25, 0.3) is 0 Å². The van der Waals surface area contributed by atoms with E-state index in [0.29, 0.717) is 22.2 Å². The molecule has 0 saturated carbocycles. The highest BCUT2D eigenvalue weighted by molar-refractivity contribution is 6.36. The van der Waals surface area contributed by atoms with Gasteiger partial charge in [-0.15, -0.1) is 0 Å². The first-order valence-corrected chi connectivity index (χ1v) is 11.1. The first-order valence-electron chi connectivity index (χ1n) is 10.3. The molecule has 3 nitrogen and oxygen atoms in total. The summed E-state index contributed by atoms with van der Waals surface area (Å²) in [6, 6.07) is 17.9. The molecule has 0 atom stereocenters. The van der Waals surface area contributed by atoms with E-state index in [1.54, 1.807) is 12.1 Å². The number of fused-ring (bicyclic) bond motifs is 1. The fraction of sp³-hybridized carbons (Fsp3) is 0.280. The van der Waals surface area contributed by atoms with Gasteiger partial charge in [-0.2, -0.15) is 5.26 Å². The van der Waals surface area contributed by atoms with Crippen LogP contribution in [-0.2, 0) is 19.4 Å². The molecule has 1 aromatic heterocycles. The highest BCUT2D eigenvalue weighted by atomic mass is 35.5. The summed E-state index contributed by atoms with van der Waals surface area (Å²) in [5.74, 6) is 0. The minimum Gasteiger partial charge on any atom is -0.325 e. The van der Waals surface area contributed by atoms with E-state index in [9.17, 15) is 5.26 Å². The number of benzene rings is 2. The minimum absolute atomic E-state index is 0.252. The van der Waals surface area contributed by atoms with Crippen molar-refractivity contribution in [3.05, 3.63) is 86.4 Å². The van der Waals surface area contributed by atoms with Crippen molar-refractivity contribution in [1.82, 2.24) is 4.57 Å². The largest absolute Gasteiger partial charge is 0.325 e. The van der Waals surface area contributed by atoms with Crippen LogP contribution in [0.2, 0.25) is 10.0 Å². The van der Waals surface area contributed by atoms with Crippen LogP contribution in [0.15, 0.2) is 48.5 Å². The smallest absolute Gasteiger partial charge is 0.144 e. The summed E-state index contributed by atoms with van der Waals surface area (Å²) < 4.78 is 2.03. The van der Waals surface area contributed by atoms with Crippen LogP contribution < -0.4 is 5.49 Å². The summed E-state index contributed by atoms with van der Waals surface area (Å²) in [4.78, 5) is 0. The average molecular weight is 436 g/mol. The number of pyridine rings is 1. The van der Waals surface area contributed by atoms with Crippen LogP contribution >= 0.6 is 23.2 Å². The van der Waals surface area contributed by atoms with Crippen LogP contribution in [0.25, 0.3) is 11.1 Å². The van der Waals surface area contributed by atoms with Gasteiger partial charge in [0.1, 0.15) is 17.1 Å². The van der Waals surface area contributed by atoms with Crippen molar-refractivity contribution in [2.45, 2.75) is 45.1 Å². The Bertz CT molecular complexity index is 1170. The SMILES string of the molecule is N#Cc1c(-c2ccc(Cl)cc2Cl)c2c(n(Cc3ccccc3)c1=N)CCCCCC2. The Morgan fingerprint density at radius 1 is 0.967 bits per heavy atom. The van der Waals surface area contributed by atoms with Gasteiger partial charge in [-0.05, 0) is 48.9 Å². The van der Waals surface area contributed by atoms with Gasteiger partial charge >= 0.3 is 0 Å². The second-order valence-electron chi connectivity index (χ2n) is 7.75. The van der Waals surface area contributed by atoms with Gasteiger partial charge in [0.2, 0.25) is 0 Å². The number of nitrogens with zero attached hydrogens (tertiary/aromatic N) is 2. The van der Waals surface area contributed by atoms with Crippen LogP contribution in [-0.4, -0.2) is 4.57 Å². The molecule has 0 spiro atoms. The zero-order chi connectivity index (χ0) is 21.1. The Balaban J connectivity index is 2.01. The maximum atomic E-state index is 10.1. The topological polar surface area (TPSA) is 52.6 Å². The molecule has 3 aromatic rings. The Morgan fingerprint density at radius 2 is 1.70 bits per heavy atom. The first kappa shape index (κ1) is 20.7. The van der Waals surface area contributed by atoms with Crippen LogP contribution in [0.4, 0.5) is 0 Å². The maximum absolute atomic E-state index is 10.1. The normalized spacial score (nSPS) is 13.8. The summed E-state index contributed by atoms with van der Waals surface area (Å²) in [5.41, 5.74) is 5.67. The van der Waals surface area contributed by atoms with Gasteiger partial charge in [0.05, 0.1) is 0 Å². The van der Waals surface area contributed by atoms with E-state index in [-0.39, 0.29) is 5.49 Å². The molecule has 0 amide bonds. The highest BCUT2D eigenvalue weighted by Gasteiger charge is 2.23. The maximum Gasteiger partial charge on any atom is 0.144 e. The molecule has 0 bridgehead atoms. The lowest BCUT2D eigenvalue weighted by Crippen LogP contribution is -2.30. The van der Waals surface area contributed by atoms with Crippen LogP contribution in [0.5, 0.6) is 0 Å². The quantitative estimate of drug-likeness (QED) is 0.499. The monoisotopic (exact) mass is 435 g/mol. The van der Waals surface area contributed by atoms with Crippen molar-refractivity contribution in [1.29, 1.82) is 10.7 Å². The summed E-state index contributed by atoms with van der Waals surface area (Å²) in [6.07, 6.45) is 6.30. The highest BCUT2D eigenvalue weighted by Crippen LogP contribution is 2.37. The van der Waals surface area contributed by atoms with Gasteiger partial charge in [0.15, 0.2) is 0 Å². The van der Waals surface area contributed by atoms with E-state index >= 15 is 0 Å². The third-order valence-electron chi connectivity index (χ3n) is 5.82. The zero-order valence-electron chi connectivity index (χ0n) is 16.7. The second kappa shape index (κ2) is 9.08. The number of halogens is 2. The average Bonchev–Trinajstić information content (AvgIpc) is 2.72. The molecular formula is C25H23Cl2N3. The van der Waals surface area contributed by atoms with E-state index in [1.807, 2.05) is 28.8 Å². The standard InChI is InChI=1S/C25H23Cl2N3/c26-18-12-13-19(22(27)14-18)24-20-10-6-1-2-7-11-23(20)30(25(29)21(24)15-28)16-17-8-4-3-5-9-17/h3-5,8-9,12-14,29H,1-2,6-7,10-11,16H2. The molecule has 152 valence electrons. The third-order valence-corrected chi connectivity index (χ3v) is 6.37. The molecule has 1 N–H and O–H groups in total. The van der Waals surface area contributed by atoms with E-state index < -0.39 is 0 Å². The molecule has 1 aliphatic carbocycles. The second-order valence-corrected chi connectivity index (χ2v) is 8.59. The van der Waals surface area contributed by atoms with Crippen LogP contribution in [0.3, 0.4) is 0 Å². The number of nitrogens with one attached hydrogen (secondary N) is 1. The fourth-order valence-electron chi connectivity index (χ4n) is 4.39. The van der Waals surface area contributed by atoms with Crippen LogP contribution in [0.1, 0.15) is 48.1 Å². The van der Waals surface area contributed by atoms with E-state index in [0.717, 1.165) is 53.6 Å². The first-order chi connectivity index (χ1) is 14.6. The molecule has 4 rings (SSSR count). The van der Waals surface area contributed by atoms with Crippen molar-refractivity contribution >= 4 is 23.2 Å². The fourth-order valence-corrected chi connectivity index (χ4v) is 4.89. The molecular weight excluding hydrogens is 413 g/mol. The summed E-state index contributed by atoms with van der Waals surface area (Å²) in [6.45, 7) is 0.589. The summed E-state index contributed by atoms with van der Waals surface area (Å²) >= 11 is 12.7. The van der Waals surface area contributed by atoms with Gasteiger partial charge in [-0.25, -0.2) is 0 Å². The molecule has 0 saturated heterocycles. The molecule has 0 aliphatic heterocycles. The number of hydrogen-bond acceptors (Lipinski definition) is 2. The Labute approximate surface area is 187 Å². The summed E-state index contributed by atoms with van der Waals surface area (Å²) in [5, 5.41) is 20.1. The zero-order valence-corrected chi connectivity index (χ0v) is 18.2. The Kier molecular flexibility index (Phi) is 6.27. The minimum atomic E-state index is 0.252. The number of hydrogen-bond donors (Lipinski definition) is 1. The van der Waals surface area contributed by atoms with Gasteiger partial charge in [-0.3, -0.25) is 5.41 Å². The van der Waals surface area contributed by atoms with Crippen molar-refractivity contribution in [2.24, 2.45) is 0 Å². The van der Waals surface area contributed by atoms with E-state index in [4.69, 9.17) is 28.6 Å². The van der Waals surface area contributed by atoms with E-state index in [1.165, 1.54) is 12.8 Å². The van der Waals surface area contributed by atoms with Crippen molar-refractivity contribution in [2.75, 3.05) is 0 Å². The third kappa shape index (κ3) is 4.03. The molecule has 5 heteroatoms. The Morgan fingerprint density at radius 3 is 2.40 bits per heavy atom. The van der Waals surface area contributed by atoms with Crippen molar-refractivity contribution in [3.8, 4) is 17.2 Å². The molecule has 2 aromatic carbocycles. The summed E-state index contributed by atoms with van der Waals surface area (Å²) in [7, 11) is 0. The molecule has 0 fully saturated rings. The Hall–Kier alpha value is -2.54. The predicted molar refractivity (Wildman–Crippen MR) is 122 cm³/mol. The lowest BCUT2D eigenvalue weighted by Gasteiger charge is -2.25. The predicted octanol–water partition coefficient (Wildman–Crippen LogP) is 6.52.